The molecule has 0 bridgehead atoms. The number of ether oxygens (including phenoxy) is 1. The van der Waals surface area contributed by atoms with E-state index < -0.39 is 0 Å². The lowest BCUT2D eigenvalue weighted by Crippen LogP contribution is -2.06. The third-order valence-electron chi connectivity index (χ3n) is 2.19. The zero-order valence-corrected chi connectivity index (χ0v) is 9.21. The van der Waals surface area contributed by atoms with Crippen LogP contribution >= 0.6 is 0 Å². The molecule has 0 atom stereocenters. The van der Waals surface area contributed by atoms with Gasteiger partial charge in [0.25, 0.3) is 0 Å². The highest BCUT2D eigenvalue weighted by atomic mass is 16.5. The normalized spacial score (nSPS) is 10.4. The molecule has 84 valence electrons. The molecule has 0 amide bonds. The third kappa shape index (κ3) is 2.10. The SMILES string of the molecule is Cc1ccc(OCc2ncnn2C)c(N)n1. The van der Waals surface area contributed by atoms with Gasteiger partial charge in [-0.15, -0.1) is 0 Å². The van der Waals surface area contributed by atoms with Gasteiger partial charge in [-0.2, -0.15) is 5.10 Å². The number of nitrogens with two attached hydrogens (primary N) is 1. The van der Waals surface area contributed by atoms with Crippen molar-refractivity contribution in [1.29, 1.82) is 0 Å². The van der Waals surface area contributed by atoms with Crippen molar-refractivity contribution in [2.45, 2.75) is 13.5 Å². The van der Waals surface area contributed by atoms with E-state index in [4.69, 9.17) is 10.5 Å². The Morgan fingerprint density at radius 3 is 2.88 bits per heavy atom. The number of rotatable bonds is 3. The summed E-state index contributed by atoms with van der Waals surface area (Å²) in [5, 5.41) is 3.94. The zero-order chi connectivity index (χ0) is 11.5. The maximum atomic E-state index is 5.72. The van der Waals surface area contributed by atoms with Gasteiger partial charge < -0.3 is 10.5 Å². The molecular weight excluding hydrogens is 206 g/mol. The van der Waals surface area contributed by atoms with Gasteiger partial charge in [-0.05, 0) is 19.1 Å². The topological polar surface area (TPSA) is 78.9 Å². The van der Waals surface area contributed by atoms with Gasteiger partial charge in [0.2, 0.25) is 0 Å². The van der Waals surface area contributed by atoms with Crippen LogP contribution in [-0.2, 0) is 13.7 Å². The molecule has 0 unspecified atom stereocenters. The highest BCUT2D eigenvalue weighted by Crippen LogP contribution is 2.19. The first-order chi connectivity index (χ1) is 7.66. The van der Waals surface area contributed by atoms with Crippen molar-refractivity contribution >= 4 is 5.82 Å². The highest BCUT2D eigenvalue weighted by Gasteiger charge is 2.05. The molecular formula is C10H13N5O. The Labute approximate surface area is 93.1 Å². The van der Waals surface area contributed by atoms with Crippen LogP contribution in [0.15, 0.2) is 18.5 Å². The third-order valence-corrected chi connectivity index (χ3v) is 2.19. The molecule has 0 radical (unpaired) electrons. The molecule has 2 aromatic heterocycles. The van der Waals surface area contributed by atoms with Crippen molar-refractivity contribution in [2.24, 2.45) is 7.05 Å². The number of hydrogen-bond donors (Lipinski definition) is 1. The molecule has 16 heavy (non-hydrogen) atoms. The summed E-state index contributed by atoms with van der Waals surface area (Å²) in [5.74, 6) is 1.69. The summed E-state index contributed by atoms with van der Waals surface area (Å²) in [6.45, 7) is 2.20. The lowest BCUT2D eigenvalue weighted by Gasteiger charge is -2.07. The zero-order valence-electron chi connectivity index (χ0n) is 9.21. The van der Waals surface area contributed by atoms with E-state index in [1.165, 1.54) is 6.33 Å². The fourth-order valence-corrected chi connectivity index (χ4v) is 1.28. The van der Waals surface area contributed by atoms with E-state index in [-0.39, 0.29) is 0 Å². The molecule has 2 rings (SSSR count). The van der Waals surface area contributed by atoms with Gasteiger partial charge in [0, 0.05) is 12.7 Å². The van der Waals surface area contributed by atoms with E-state index >= 15 is 0 Å². The minimum absolute atomic E-state index is 0.325. The van der Waals surface area contributed by atoms with Gasteiger partial charge in [-0.25, -0.2) is 9.97 Å². The van der Waals surface area contributed by atoms with Gasteiger partial charge in [-0.1, -0.05) is 0 Å². The minimum atomic E-state index is 0.325. The first-order valence-corrected chi connectivity index (χ1v) is 4.85. The molecule has 0 saturated heterocycles. The molecule has 0 saturated carbocycles. The summed E-state index contributed by atoms with van der Waals surface area (Å²) in [4.78, 5) is 8.15. The smallest absolute Gasteiger partial charge is 0.166 e. The number of pyridine rings is 1. The van der Waals surface area contributed by atoms with Crippen molar-refractivity contribution in [3.05, 3.63) is 30.0 Å². The number of aromatic nitrogens is 4. The first kappa shape index (κ1) is 10.4. The largest absolute Gasteiger partial charge is 0.482 e. The van der Waals surface area contributed by atoms with E-state index in [1.54, 1.807) is 10.7 Å². The van der Waals surface area contributed by atoms with E-state index in [9.17, 15) is 0 Å². The predicted octanol–water partition coefficient (Wildman–Crippen LogP) is 0.680. The molecule has 2 N–H and O–H groups in total. The number of hydrogen-bond acceptors (Lipinski definition) is 5. The molecule has 0 aliphatic heterocycles. The van der Waals surface area contributed by atoms with E-state index in [1.807, 2.05) is 20.0 Å². The Morgan fingerprint density at radius 2 is 2.25 bits per heavy atom. The molecule has 6 heteroatoms. The van der Waals surface area contributed by atoms with Crippen LogP contribution in [0.4, 0.5) is 5.82 Å². The van der Waals surface area contributed by atoms with Gasteiger partial charge in [0.05, 0.1) is 0 Å². The number of aryl methyl sites for hydroxylation is 2. The van der Waals surface area contributed by atoms with Crippen molar-refractivity contribution in [2.75, 3.05) is 5.73 Å². The summed E-state index contributed by atoms with van der Waals surface area (Å²) in [7, 11) is 1.81. The molecule has 2 aromatic rings. The Bertz CT molecular complexity index is 494. The lowest BCUT2D eigenvalue weighted by atomic mass is 10.3. The van der Waals surface area contributed by atoms with Crippen molar-refractivity contribution in [3.8, 4) is 5.75 Å². The number of anilines is 1. The van der Waals surface area contributed by atoms with Crippen LogP contribution in [-0.4, -0.2) is 19.7 Å². The fourth-order valence-electron chi connectivity index (χ4n) is 1.28. The highest BCUT2D eigenvalue weighted by molar-refractivity contribution is 5.46. The van der Waals surface area contributed by atoms with Gasteiger partial charge in [0.1, 0.15) is 12.9 Å². The number of nitrogen functional groups attached to an aromatic ring is 1. The Hall–Kier alpha value is -2.11. The van der Waals surface area contributed by atoms with Crippen LogP contribution in [0.2, 0.25) is 0 Å². The van der Waals surface area contributed by atoms with Crippen LogP contribution < -0.4 is 10.5 Å². The Kier molecular flexibility index (Phi) is 2.72. The van der Waals surface area contributed by atoms with Crippen LogP contribution in [0, 0.1) is 6.92 Å². The van der Waals surface area contributed by atoms with Gasteiger partial charge in [0.15, 0.2) is 17.4 Å². The van der Waals surface area contributed by atoms with Crippen molar-refractivity contribution in [1.82, 2.24) is 19.7 Å². The standard InChI is InChI=1S/C10H13N5O/c1-7-3-4-8(10(11)14-7)16-5-9-12-6-13-15(9)2/h3-4,6H,5H2,1-2H3,(H2,11,14). The molecule has 2 heterocycles. The van der Waals surface area contributed by atoms with Crippen LogP contribution in [0.3, 0.4) is 0 Å². The molecule has 6 nitrogen and oxygen atoms in total. The minimum Gasteiger partial charge on any atom is -0.482 e. The monoisotopic (exact) mass is 219 g/mol. The maximum absolute atomic E-state index is 5.72. The summed E-state index contributed by atoms with van der Waals surface area (Å²) < 4.78 is 7.16. The van der Waals surface area contributed by atoms with Gasteiger partial charge in [-0.3, -0.25) is 4.68 Å². The second-order valence-electron chi connectivity index (χ2n) is 3.42. The summed E-state index contributed by atoms with van der Waals surface area (Å²) in [5.41, 5.74) is 6.58. The summed E-state index contributed by atoms with van der Waals surface area (Å²) >= 11 is 0. The lowest BCUT2D eigenvalue weighted by molar-refractivity contribution is 0.290. The Balaban J connectivity index is 2.08. The molecule has 0 fully saturated rings. The second-order valence-corrected chi connectivity index (χ2v) is 3.42. The maximum Gasteiger partial charge on any atom is 0.166 e. The van der Waals surface area contributed by atoms with Crippen molar-refractivity contribution in [3.63, 3.8) is 0 Å². The van der Waals surface area contributed by atoms with Crippen LogP contribution in [0.5, 0.6) is 5.75 Å². The molecule has 0 aliphatic rings. The summed E-state index contributed by atoms with van der Waals surface area (Å²) in [6, 6.07) is 3.65. The Morgan fingerprint density at radius 1 is 1.44 bits per heavy atom. The molecule has 0 spiro atoms. The average Bonchev–Trinajstić information content (AvgIpc) is 2.63. The summed E-state index contributed by atoms with van der Waals surface area (Å²) in [6.07, 6.45) is 1.48. The fraction of sp³-hybridized carbons (Fsp3) is 0.300. The molecule has 0 aliphatic carbocycles. The van der Waals surface area contributed by atoms with E-state index in [0.29, 0.717) is 18.2 Å². The predicted molar refractivity (Wildman–Crippen MR) is 58.7 cm³/mol. The quantitative estimate of drug-likeness (QED) is 0.821. The van der Waals surface area contributed by atoms with E-state index in [0.717, 1.165) is 11.5 Å². The number of nitrogens with zero attached hydrogens (tertiary/aromatic N) is 4. The second kappa shape index (κ2) is 4.18. The van der Waals surface area contributed by atoms with Crippen LogP contribution in [0.1, 0.15) is 11.5 Å². The van der Waals surface area contributed by atoms with E-state index in [2.05, 4.69) is 15.1 Å². The molecule has 0 aromatic carbocycles. The average molecular weight is 219 g/mol. The van der Waals surface area contributed by atoms with Crippen LogP contribution in [0.25, 0.3) is 0 Å². The van der Waals surface area contributed by atoms with Gasteiger partial charge >= 0.3 is 0 Å². The first-order valence-electron chi connectivity index (χ1n) is 4.85. The van der Waals surface area contributed by atoms with Crippen molar-refractivity contribution < 1.29 is 4.74 Å².